The average Bonchev–Trinajstić information content (AvgIpc) is 3.22. The molecule has 1 aliphatic heterocycles. The number of H-pyrrole nitrogens is 1. The van der Waals surface area contributed by atoms with E-state index in [1.165, 1.54) is 80.1 Å². The molecule has 1 saturated carbocycles. The van der Waals surface area contributed by atoms with Gasteiger partial charge in [-0.1, -0.05) is 39.2 Å². The first kappa shape index (κ1) is 22.5. The van der Waals surface area contributed by atoms with Gasteiger partial charge in [0.15, 0.2) is 0 Å². The lowest BCUT2D eigenvalue weighted by Gasteiger charge is -2.39. The Kier molecular flexibility index (Phi) is 6.22. The Balaban J connectivity index is 1.45. The molecule has 0 bridgehead atoms. The monoisotopic (exact) mass is 445 g/mol. The van der Waals surface area contributed by atoms with Gasteiger partial charge in [-0.05, 0) is 86.9 Å². The second-order valence-electron chi connectivity index (χ2n) is 10.8. The minimum absolute atomic E-state index is 0.0720. The summed E-state index contributed by atoms with van der Waals surface area (Å²) in [5, 5.41) is 1.35. The lowest BCUT2D eigenvalue weighted by atomic mass is 9.85. The molecule has 0 amide bonds. The third-order valence-corrected chi connectivity index (χ3v) is 8.18. The molecule has 1 N–H and O–H groups in total. The highest BCUT2D eigenvalue weighted by Crippen LogP contribution is 2.38. The topological polar surface area (TPSA) is 41.0 Å². The van der Waals surface area contributed by atoms with Crippen molar-refractivity contribution in [3.05, 3.63) is 57.5 Å². The highest BCUT2D eigenvalue weighted by Gasteiger charge is 2.27. The standard InChI is InChI=1S/C29H39N3O/c1-19(2)27-25-17-22(21-12-14-32(15-13-21)24-8-6-5-7-9-24)10-11-26(25)30-28(27)23-16-20(3)29(33)31(4)18-23/h10-11,16-19,21,24,30H,5-9,12-15H2,1-4H3. The van der Waals surface area contributed by atoms with Crippen LogP contribution in [0.4, 0.5) is 0 Å². The van der Waals surface area contributed by atoms with Crippen molar-refractivity contribution in [1.29, 1.82) is 0 Å². The number of hydrogen-bond acceptors (Lipinski definition) is 2. The number of nitrogens with zero attached hydrogens (tertiary/aromatic N) is 2. The molecule has 2 fully saturated rings. The highest BCUT2D eigenvalue weighted by atomic mass is 16.1. The van der Waals surface area contributed by atoms with Gasteiger partial charge in [0.1, 0.15) is 0 Å². The molecule has 3 heterocycles. The van der Waals surface area contributed by atoms with Crippen LogP contribution in [0.5, 0.6) is 0 Å². The number of piperidine rings is 1. The summed E-state index contributed by atoms with van der Waals surface area (Å²) in [7, 11) is 1.84. The summed E-state index contributed by atoms with van der Waals surface area (Å²) >= 11 is 0. The Morgan fingerprint density at radius 1 is 1.00 bits per heavy atom. The van der Waals surface area contributed by atoms with Crippen LogP contribution >= 0.6 is 0 Å². The van der Waals surface area contributed by atoms with Gasteiger partial charge in [-0.15, -0.1) is 0 Å². The van der Waals surface area contributed by atoms with Gasteiger partial charge in [0.25, 0.3) is 5.56 Å². The molecule has 33 heavy (non-hydrogen) atoms. The molecule has 0 unspecified atom stereocenters. The Morgan fingerprint density at radius 3 is 2.39 bits per heavy atom. The number of likely N-dealkylation sites (tertiary alicyclic amines) is 1. The van der Waals surface area contributed by atoms with Crippen molar-refractivity contribution in [2.45, 2.75) is 83.6 Å². The number of aryl methyl sites for hydroxylation is 2. The number of aromatic amines is 1. The van der Waals surface area contributed by atoms with Crippen molar-refractivity contribution < 1.29 is 0 Å². The van der Waals surface area contributed by atoms with Gasteiger partial charge in [0, 0.05) is 41.3 Å². The van der Waals surface area contributed by atoms with Crippen LogP contribution in [0.3, 0.4) is 0 Å². The zero-order valence-corrected chi connectivity index (χ0v) is 20.8. The third-order valence-electron chi connectivity index (χ3n) is 8.18. The molecule has 0 spiro atoms. The van der Waals surface area contributed by atoms with Crippen LogP contribution in [0.25, 0.3) is 22.2 Å². The molecule has 0 radical (unpaired) electrons. The van der Waals surface area contributed by atoms with E-state index in [4.69, 9.17) is 0 Å². The van der Waals surface area contributed by atoms with Crippen molar-refractivity contribution in [1.82, 2.24) is 14.5 Å². The van der Waals surface area contributed by atoms with Crippen molar-refractivity contribution in [2.24, 2.45) is 7.05 Å². The van der Waals surface area contributed by atoms with Gasteiger partial charge >= 0.3 is 0 Å². The lowest BCUT2D eigenvalue weighted by molar-refractivity contribution is 0.122. The van der Waals surface area contributed by atoms with Gasteiger partial charge in [0.2, 0.25) is 0 Å². The predicted molar refractivity (Wildman–Crippen MR) is 138 cm³/mol. The maximum Gasteiger partial charge on any atom is 0.253 e. The SMILES string of the molecule is Cc1cc(-c2[nH]c3ccc(C4CCN(C5CCCCC5)CC4)cc3c2C(C)C)cn(C)c1=O. The van der Waals surface area contributed by atoms with E-state index in [1.54, 1.807) is 4.57 Å². The van der Waals surface area contributed by atoms with E-state index >= 15 is 0 Å². The Bertz CT molecular complexity index is 1160. The van der Waals surface area contributed by atoms with Gasteiger partial charge in [-0.2, -0.15) is 0 Å². The maximum absolute atomic E-state index is 12.2. The first-order valence-electron chi connectivity index (χ1n) is 13.0. The zero-order chi connectivity index (χ0) is 23.1. The van der Waals surface area contributed by atoms with Crippen LogP contribution < -0.4 is 5.56 Å². The van der Waals surface area contributed by atoms with Gasteiger partial charge in [0.05, 0.1) is 5.69 Å². The average molecular weight is 446 g/mol. The van der Waals surface area contributed by atoms with Gasteiger partial charge < -0.3 is 14.5 Å². The summed E-state index contributed by atoms with van der Waals surface area (Å²) in [5.74, 6) is 1.06. The number of nitrogens with one attached hydrogen (secondary N) is 1. The van der Waals surface area contributed by atoms with E-state index in [0.29, 0.717) is 11.8 Å². The van der Waals surface area contributed by atoms with Crippen molar-refractivity contribution in [3.8, 4) is 11.3 Å². The maximum atomic E-state index is 12.2. The Labute approximate surface area is 198 Å². The fraction of sp³-hybridized carbons (Fsp3) is 0.552. The van der Waals surface area contributed by atoms with E-state index in [2.05, 4.69) is 41.9 Å². The highest BCUT2D eigenvalue weighted by molar-refractivity contribution is 5.92. The second-order valence-corrected chi connectivity index (χ2v) is 10.8. The molecule has 1 aliphatic carbocycles. The number of hydrogen-bond donors (Lipinski definition) is 1. The minimum atomic E-state index is 0.0720. The van der Waals surface area contributed by atoms with E-state index in [-0.39, 0.29) is 5.56 Å². The number of benzene rings is 1. The minimum Gasteiger partial charge on any atom is -0.354 e. The summed E-state index contributed by atoms with van der Waals surface area (Å²) in [6.45, 7) is 8.95. The van der Waals surface area contributed by atoms with E-state index in [1.807, 2.05) is 26.2 Å². The fourth-order valence-electron chi connectivity index (χ4n) is 6.37. The summed E-state index contributed by atoms with van der Waals surface area (Å²) in [6.07, 6.45) is 11.6. The number of rotatable bonds is 4. The molecule has 176 valence electrons. The number of fused-ring (bicyclic) bond motifs is 1. The lowest BCUT2D eigenvalue weighted by Crippen LogP contribution is -2.41. The predicted octanol–water partition coefficient (Wildman–Crippen LogP) is 6.48. The quantitative estimate of drug-likeness (QED) is 0.499. The molecular formula is C29H39N3O. The van der Waals surface area contributed by atoms with E-state index in [9.17, 15) is 4.79 Å². The molecule has 1 aromatic carbocycles. The molecule has 0 atom stereocenters. The van der Waals surface area contributed by atoms with Crippen LogP contribution in [0.15, 0.2) is 35.3 Å². The van der Waals surface area contributed by atoms with Crippen LogP contribution in [-0.2, 0) is 7.05 Å². The Hall–Kier alpha value is -2.33. The van der Waals surface area contributed by atoms with E-state index in [0.717, 1.165) is 22.9 Å². The molecule has 1 saturated heterocycles. The first-order chi connectivity index (χ1) is 15.9. The first-order valence-corrected chi connectivity index (χ1v) is 13.0. The second kappa shape index (κ2) is 9.13. The van der Waals surface area contributed by atoms with Crippen molar-refractivity contribution in [3.63, 3.8) is 0 Å². The van der Waals surface area contributed by atoms with Crippen LogP contribution in [0, 0.1) is 6.92 Å². The molecule has 2 aromatic heterocycles. The molecule has 4 nitrogen and oxygen atoms in total. The number of aromatic nitrogens is 2. The molecule has 3 aromatic rings. The summed E-state index contributed by atoms with van der Waals surface area (Å²) in [4.78, 5) is 18.7. The third kappa shape index (κ3) is 4.30. The zero-order valence-electron chi connectivity index (χ0n) is 20.8. The molecule has 5 rings (SSSR count). The van der Waals surface area contributed by atoms with Crippen molar-refractivity contribution in [2.75, 3.05) is 13.1 Å². The van der Waals surface area contributed by atoms with E-state index < -0.39 is 0 Å². The summed E-state index contributed by atoms with van der Waals surface area (Å²) in [6, 6.07) is 9.95. The fourth-order valence-corrected chi connectivity index (χ4v) is 6.37. The Morgan fingerprint density at radius 2 is 1.73 bits per heavy atom. The summed E-state index contributed by atoms with van der Waals surface area (Å²) in [5.41, 5.74) is 7.17. The normalized spacial score (nSPS) is 19.1. The molecular weight excluding hydrogens is 406 g/mol. The van der Waals surface area contributed by atoms with Crippen LogP contribution in [-0.4, -0.2) is 33.6 Å². The molecule has 4 heteroatoms. The number of pyridine rings is 1. The molecule has 2 aliphatic rings. The van der Waals surface area contributed by atoms with Gasteiger partial charge in [-0.25, -0.2) is 0 Å². The van der Waals surface area contributed by atoms with Crippen LogP contribution in [0.2, 0.25) is 0 Å². The van der Waals surface area contributed by atoms with Gasteiger partial charge in [-0.3, -0.25) is 4.79 Å². The summed E-state index contributed by atoms with van der Waals surface area (Å²) < 4.78 is 1.70. The largest absolute Gasteiger partial charge is 0.354 e. The van der Waals surface area contributed by atoms with Crippen molar-refractivity contribution >= 4 is 10.9 Å². The smallest absolute Gasteiger partial charge is 0.253 e. The van der Waals surface area contributed by atoms with Crippen LogP contribution in [0.1, 0.15) is 87.3 Å².